The molecule has 182 valence electrons. The van der Waals surface area contributed by atoms with Gasteiger partial charge in [0.15, 0.2) is 0 Å². The SMILES string of the molecule is Cc1cccc(C)c1NC(=O)NC(C)C(=O)N1CCN(C(c2ccccc2)c2ccccc2)CC1. The van der Waals surface area contributed by atoms with Crippen LogP contribution in [0.2, 0.25) is 0 Å². The van der Waals surface area contributed by atoms with Crippen LogP contribution in [0.15, 0.2) is 78.9 Å². The van der Waals surface area contributed by atoms with Gasteiger partial charge < -0.3 is 15.5 Å². The molecular weight excluding hydrogens is 436 g/mol. The molecule has 1 aliphatic rings. The Labute approximate surface area is 207 Å². The largest absolute Gasteiger partial charge is 0.338 e. The van der Waals surface area contributed by atoms with Gasteiger partial charge in [-0.3, -0.25) is 9.69 Å². The molecule has 35 heavy (non-hydrogen) atoms. The minimum atomic E-state index is -0.607. The van der Waals surface area contributed by atoms with Crippen molar-refractivity contribution >= 4 is 17.6 Å². The standard InChI is InChI=1S/C29H34N4O2/c1-21-11-10-12-22(2)26(21)31-29(35)30-23(3)28(34)33-19-17-32(18-20-33)27(24-13-6-4-7-14-24)25-15-8-5-9-16-25/h4-16,23,27H,17-20H2,1-3H3,(H2,30,31,35). The van der Waals surface area contributed by atoms with Crippen LogP contribution in [0.3, 0.4) is 0 Å². The summed E-state index contributed by atoms with van der Waals surface area (Å²) in [5.41, 5.74) is 5.25. The highest BCUT2D eigenvalue weighted by Crippen LogP contribution is 2.29. The fourth-order valence-electron chi connectivity index (χ4n) is 4.78. The van der Waals surface area contributed by atoms with Crippen molar-refractivity contribution in [3.05, 3.63) is 101 Å². The summed E-state index contributed by atoms with van der Waals surface area (Å²) >= 11 is 0. The van der Waals surface area contributed by atoms with E-state index in [-0.39, 0.29) is 18.0 Å². The van der Waals surface area contributed by atoms with E-state index in [2.05, 4.69) is 64.1 Å². The highest BCUT2D eigenvalue weighted by Gasteiger charge is 2.30. The normalized spacial score (nSPS) is 15.0. The number of urea groups is 1. The number of nitrogens with one attached hydrogen (secondary N) is 2. The lowest BCUT2D eigenvalue weighted by Crippen LogP contribution is -2.55. The highest BCUT2D eigenvalue weighted by molar-refractivity contribution is 5.94. The van der Waals surface area contributed by atoms with Gasteiger partial charge in [0.05, 0.1) is 6.04 Å². The van der Waals surface area contributed by atoms with Crippen LogP contribution in [-0.4, -0.2) is 54.0 Å². The second-order valence-electron chi connectivity index (χ2n) is 9.17. The number of para-hydroxylation sites is 1. The minimum Gasteiger partial charge on any atom is -0.338 e. The maximum atomic E-state index is 13.1. The fraction of sp³-hybridized carbons (Fsp3) is 0.310. The molecular formula is C29H34N4O2. The number of hydrogen-bond donors (Lipinski definition) is 2. The number of carbonyl (C=O) groups is 2. The summed E-state index contributed by atoms with van der Waals surface area (Å²) < 4.78 is 0. The number of anilines is 1. The zero-order valence-corrected chi connectivity index (χ0v) is 20.7. The van der Waals surface area contributed by atoms with Crippen molar-refractivity contribution in [2.45, 2.75) is 32.9 Å². The van der Waals surface area contributed by atoms with Crippen LogP contribution in [-0.2, 0) is 4.79 Å². The Hall–Kier alpha value is -3.64. The number of nitrogens with zero attached hydrogens (tertiary/aromatic N) is 2. The van der Waals surface area contributed by atoms with E-state index in [4.69, 9.17) is 0 Å². The summed E-state index contributed by atoms with van der Waals surface area (Å²) in [6, 6.07) is 26.0. The molecule has 0 bridgehead atoms. The van der Waals surface area contributed by atoms with Gasteiger partial charge in [-0.05, 0) is 43.0 Å². The van der Waals surface area contributed by atoms with Gasteiger partial charge in [-0.15, -0.1) is 0 Å². The number of aryl methyl sites for hydroxylation is 2. The average Bonchev–Trinajstić information content (AvgIpc) is 2.88. The van der Waals surface area contributed by atoms with Crippen molar-refractivity contribution in [2.75, 3.05) is 31.5 Å². The van der Waals surface area contributed by atoms with Crippen LogP contribution in [0.1, 0.15) is 35.2 Å². The molecule has 3 aromatic rings. The van der Waals surface area contributed by atoms with E-state index in [1.807, 2.05) is 49.1 Å². The van der Waals surface area contributed by atoms with Crippen LogP contribution in [0.25, 0.3) is 0 Å². The second-order valence-corrected chi connectivity index (χ2v) is 9.17. The van der Waals surface area contributed by atoms with Gasteiger partial charge in [0.1, 0.15) is 6.04 Å². The maximum Gasteiger partial charge on any atom is 0.319 e. The molecule has 1 heterocycles. The van der Waals surface area contributed by atoms with Gasteiger partial charge in [-0.2, -0.15) is 0 Å². The lowest BCUT2D eigenvalue weighted by molar-refractivity contribution is -0.134. The Morgan fingerprint density at radius 1 is 0.743 bits per heavy atom. The van der Waals surface area contributed by atoms with Gasteiger partial charge in [-0.25, -0.2) is 4.79 Å². The second kappa shape index (κ2) is 11.2. The monoisotopic (exact) mass is 470 g/mol. The molecule has 0 spiro atoms. The molecule has 1 aliphatic heterocycles. The van der Waals surface area contributed by atoms with Gasteiger partial charge in [-0.1, -0.05) is 78.9 Å². The Balaban J connectivity index is 1.36. The first-order valence-corrected chi connectivity index (χ1v) is 12.2. The number of carbonyl (C=O) groups excluding carboxylic acids is 2. The Morgan fingerprint density at radius 3 is 1.77 bits per heavy atom. The van der Waals surface area contributed by atoms with Crippen LogP contribution in [0.5, 0.6) is 0 Å². The third-order valence-electron chi connectivity index (χ3n) is 6.66. The predicted molar refractivity (Wildman–Crippen MR) is 140 cm³/mol. The zero-order valence-electron chi connectivity index (χ0n) is 20.7. The van der Waals surface area contributed by atoms with Crippen LogP contribution >= 0.6 is 0 Å². The van der Waals surface area contributed by atoms with Crippen LogP contribution in [0.4, 0.5) is 10.5 Å². The lowest BCUT2D eigenvalue weighted by atomic mass is 9.96. The van der Waals surface area contributed by atoms with E-state index < -0.39 is 6.04 Å². The van der Waals surface area contributed by atoms with E-state index in [0.717, 1.165) is 29.9 Å². The number of amides is 3. The number of benzene rings is 3. The first kappa shape index (κ1) is 24.5. The highest BCUT2D eigenvalue weighted by atomic mass is 16.2. The summed E-state index contributed by atoms with van der Waals surface area (Å²) in [7, 11) is 0. The molecule has 4 rings (SSSR count). The van der Waals surface area contributed by atoms with E-state index in [9.17, 15) is 9.59 Å². The molecule has 1 fully saturated rings. The zero-order chi connectivity index (χ0) is 24.8. The van der Waals surface area contributed by atoms with Crippen molar-refractivity contribution in [1.82, 2.24) is 15.1 Å². The molecule has 1 saturated heterocycles. The van der Waals surface area contributed by atoms with Crippen molar-refractivity contribution in [1.29, 1.82) is 0 Å². The van der Waals surface area contributed by atoms with Gasteiger partial charge >= 0.3 is 6.03 Å². The third kappa shape index (κ3) is 5.89. The molecule has 0 radical (unpaired) electrons. The molecule has 3 aromatic carbocycles. The van der Waals surface area contributed by atoms with E-state index >= 15 is 0 Å². The van der Waals surface area contributed by atoms with E-state index in [0.29, 0.717) is 13.1 Å². The van der Waals surface area contributed by atoms with Crippen LogP contribution < -0.4 is 10.6 Å². The molecule has 1 unspecified atom stereocenters. The topological polar surface area (TPSA) is 64.7 Å². The maximum absolute atomic E-state index is 13.1. The summed E-state index contributed by atoms with van der Waals surface area (Å²) in [4.78, 5) is 30.0. The average molecular weight is 471 g/mol. The van der Waals surface area contributed by atoms with Gasteiger partial charge in [0.2, 0.25) is 5.91 Å². The molecule has 0 saturated carbocycles. The molecule has 0 aliphatic carbocycles. The Bertz CT molecular complexity index is 1080. The summed E-state index contributed by atoms with van der Waals surface area (Å²) in [6.07, 6.45) is 0. The minimum absolute atomic E-state index is 0.0581. The van der Waals surface area contributed by atoms with Crippen molar-refractivity contribution < 1.29 is 9.59 Å². The number of hydrogen-bond acceptors (Lipinski definition) is 3. The van der Waals surface area contributed by atoms with E-state index in [1.165, 1.54) is 11.1 Å². The van der Waals surface area contributed by atoms with Crippen molar-refractivity contribution in [2.24, 2.45) is 0 Å². The molecule has 6 nitrogen and oxygen atoms in total. The summed E-state index contributed by atoms with van der Waals surface area (Å²) in [6.45, 7) is 8.43. The number of rotatable bonds is 6. The van der Waals surface area contributed by atoms with Crippen LogP contribution in [0, 0.1) is 13.8 Å². The van der Waals surface area contributed by atoms with Gasteiger partial charge in [0.25, 0.3) is 0 Å². The summed E-state index contributed by atoms with van der Waals surface area (Å²) in [5, 5.41) is 5.71. The molecule has 1 atom stereocenters. The predicted octanol–water partition coefficient (Wildman–Crippen LogP) is 4.75. The fourth-order valence-corrected chi connectivity index (χ4v) is 4.78. The molecule has 0 aromatic heterocycles. The molecule has 6 heteroatoms. The Kier molecular flexibility index (Phi) is 7.83. The molecule has 2 N–H and O–H groups in total. The Morgan fingerprint density at radius 2 is 1.26 bits per heavy atom. The summed E-state index contributed by atoms with van der Waals surface area (Å²) in [5.74, 6) is -0.0581. The first-order valence-electron chi connectivity index (χ1n) is 12.2. The van der Waals surface area contributed by atoms with Gasteiger partial charge in [0, 0.05) is 31.9 Å². The lowest BCUT2D eigenvalue weighted by Gasteiger charge is -2.40. The quantitative estimate of drug-likeness (QED) is 0.547. The van der Waals surface area contributed by atoms with E-state index in [1.54, 1.807) is 6.92 Å². The smallest absolute Gasteiger partial charge is 0.319 e. The molecule has 3 amide bonds. The van der Waals surface area contributed by atoms with Crippen molar-refractivity contribution in [3.8, 4) is 0 Å². The van der Waals surface area contributed by atoms with Crippen molar-refractivity contribution in [3.63, 3.8) is 0 Å². The third-order valence-corrected chi connectivity index (χ3v) is 6.66. The first-order chi connectivity index (χ1) is 16.9. The number of piperazine rings is 1.